The van der Waals surface area contributed by atoms with Crippen LogP contribution in [0.4, 0.5) is 10.1 Å². The summed E-state index contributed by atoms with van der Waals surface area (Å²) in [7, 11) is 0. The van der Waals surface area contributed by atoms with Crippen LogP contribution in [0.25, 0.3) is 22.2 Å². The Morgan fingerprint density at radius 3 is 2.89 bits per heavy atom. The molecule has 90 valence electrons. The molecule has 3 rings (SSSR count). The largest absolute Gasteiger partial charge is 0.397 e. The van der Waals surface area contributed by atoms with Crippen molar-refractivity contribution >= 4 is 17.0 Å². The molecule has 0 saturated carbocycles. The number of benzene rings is 1. The average Bonchev–Trinajstić information content (AvgIpc) is 2.97. The predicted molar refractivity (Wildman–Crippen MR) is 67.4 cm³/mol. The molecule has 3 aromatic rings. The van der Waals surface area contributed by atoms with Gasteiger partial charge >= 0.3 is 0 Å². The van der Waals surface area contributed by atoms with E-state index in [1.165, 1.54) is 23.5 Å². The Hall–Kier alpha value is -2.21. The van der Waals surface area contributed by atoms with Crippen LogP contribution in [0, 0.1) is 5.82 Å². The summed E-state index contributed by atoms with van der Waals surface area (Å²) in [5, 5.41) is 5.67. The number of hydrogen-bond donors (Lipinski definition) is 1. The van der Waals surface area contributed by atoms with Crippen LogP contribution in [-0.4, -0.2) is 10.1 Å². The first-order chi connectivity index (χ1) is 8.74. The molecule has 0 saturated heterocycles. The third kappa shape index (κ3) is 1.86. The summed E-state index contributed by atoms with van der Waals surface area (Å²) in [6.45, 7) is 0. The van der Waals surface area contributed by atoms with Gasteiger partial charge in [-0.1, -0.05) is 17.3 Å². The first-order valence-electron chi connectivity index (χ1n) is 5.17. The van der Waals surface area contributed by atoms with Gasteiger partial charge in [-0.05, 0) is 23.6 Å². The van der Waals surface area contributed by atoms with E-state index in [1.54, 1.807) is 18.2 Å². The van der Waals surface area contributed by atoms with Crippen molar-refractivity contribution in [2.75, 3.05) is 5.73 Å². The quantitative estimate of drug-likeness (QED) is 0.769. The second-order valence-electron chi connectivity index (χ2n) is 3.64. The monoisotopic (exact) mass is 261 g/mol. The zero-order valence-electron chi connectivity index (χ0n) is 9.13. The van der Waals surface area contributed by atoms with Crippen molar-refractivity contribution in [3.63, 3.8) is 0 Å². The van der Waals surface area contributed by atoms with E-state index in [9.17, 15) is 4.39 Å². The molecule has 0 bridgehead atoms. The first-order valence-corrected chi connectivity index (χ1v) is 6.05. The molecule has 2 heterocycles. The number of nitrogen functional groups attached to an aromatic ring is 1. The summed E-state index contributed by atoms with van der Waals surface area (Å²) >= 11 is 1.42. The molecule has 0 amide bonds. The minimum absolute atomic E-state index is 0.338. The lowest BCUT2D eigenvalue weighted by molar-refractivity contribution is 0.433. The van der Waals surface area contributed by atoms with Crippen molar-refractivity contribution in [1.29, 1.82) is 0 Å². The number of hydrogen-bond acceptors (Lipinski definition) is 5. The van der Waals surface area contributed by atoms with Gasteiger partial charge in [0.25, 0.3) is 5.89 Å². The molecule has 0 atom stereocenters. The third-order valence-corrected chi connectivity index (χ3v) is 3.32. The van der Waals surface area contributed by atoms with Gasteiger partial charge in [0, 0.05) is 5.56 Å². The summed E-state index contributed by atoms with van der Waals surface area (Å²) in [5.74, 6) is 0.355. The van der Waals surface area contributed by atoms with Gasteiger partial charge in [-0.3, -0.25) is 0 Å². The molecular formula is C12H8FN3OS. The van der Waals surface area contributed by atoms with Gasteiger partial charge in [-0.25, -0.2) is 4.39 Å². The second-order valence-corrected chi connectivity index (χ2v) is 4.55. The molecule has 2 N–H and O–H groups in total. The SMILES string of the molecule is Nc1ccsc1-c1nc(-c2cccc(F)c2)no1. The van der Waals surface area contributed by atoms with Crippen LogP contribution < -0.4 is 5.73 Å². The van der Waals surface area contributed by atoms with E-state index in [2.05, 4.69) is 10.1 Å². The van der Waals surface area contributed by atoms with E-state index < -0.39 is 0 Å². The van der Waals surface area contributed by atoms with Crippen molar-refractivity contribution in [3.8, 4) is 22.2 Å². The number of aromatic nitrogens is 2. The van der Waals surface area contributed by atoms with Crippen molar-refractivity contribution in [3.05, 3.63) is 41.5 Å². The van der Waals surface area contributed by atoms with Crippen LogP contribution in [0.1, 0.15) is 0 Å². The number of anilines is 1. The van der Waals surface area contributed by atoms with E-state index in [-0.39, 0.29) is 5.82 Å². The lowest BCUT2D eigenvalue weighted by atomic mass is 10.2. The van der Waals surface area contributed by atoms with Crippen LogP contribution >= 0.6 is 11.3 Å². The zero-order chi connectivity index (χ0) is 12.5. The van der Waals surface area contributed by atoms with Gasteiger partial charge in [-0.2, -0.15) is 4.98 Å². The van der Waals surface area contributed by atoms with E-state index in [1.807, 2.05) is 5.38 Å². The van der Waals surface area contributed by atoms with Crippen LogP contribution in [0.5, 0.6) is 0 Å². The molecule has 0 aliphatic heterocycles. The molecule has 0 radical (unpaired) electrons. The Morgan fingerprint density at radius 2 is 2.17 bits per heavy atom. The Morgan fingerprint density at radius 1 is 1.28 bits per heavy atom. The molecule has 0 unspecified atom stereocenters. The van der Waals surface area contributed by atoms with E-state index >= 15 is 0 Å². The molecule has 18 heavy (non-hydrogen) atoms. The highest BCUT2D eigenvalue weighted by molar-refractivity contribution is 7.14. The van der Waals surface area contributed by atoms with E-state index in [0.717, 1.165) is 4.88 Å². The van der Waals surface area contributed by atoms with Gasteiger partial charge < -0.3 is 10.3 Å². The van der Waals surface area contributed by atoms with Crippen LogP contribution in [0.15, 0.2) is 40.2 Å². The molecule has 0 aliphatic rings. The summed E-state index contributed by atoms with van der Waals surface area (Å²) in [4.78, 5) is 4.94. The first kappa shape index (κ1) is 10.9. The molecule has 0 fully saturated rings. The minimum Gasteiger partial charge on any atom is -0.397 e. The van der Waals surface area contributed by atoms with Gasteiger partial charge in [0.2, 0.25) is 5.82 Å². The summed E-state index contributed by atoms with van der Waals surface area (Å²) < 4.78 is 18.2. The van der Waals surface area contributed by atoms with Crippen LogP contribution in [0.2, 0.25) is 0 Å². The van der Waals surface area contributed by atoms with Crippen molar-refractivity contribution in [2.45, 2.75) is 0 Å². The van der Waals surface area contributed by atoms with E-state index in [0.29, 0.717) is 23.0 Å². The van der Waals surface area contributed by atoms with Crippen LogP contribution in [-0.2, 0) is 0 Å². The Balaban J connectivity index is 2.02. The minimum atomic E-state index is -0.338. The van der Waals surface area contributed by atoms with Gasteiger partial charge in [0.05, 0.1) is 5.69 Å². The summed E-state index contributed by atoms with van der Waals surface area (Å²) in [6.07, 6.45) is 0. The average molecular weight is 261 g/mol. The molecule has 1 aromatic carbocycles. The summed E-state index contributed by atoms with van der Waals surface area (Å²) in [6, 6.07) is 7.80. The highest BCUT2D eigenvalue weighted by Crippen LogP contribution is 2.31. The standard InChI is InChI=1S/C12H8FN3OS/c13-8-3-1-2-7(6-8)11-15-12(17-16-11)10-9(14)4-5-18-10/h1-6H,14H2. The molecule has 0 aliphatic carbocycles. The maximum Gasteiger partial charge on any atom is 0.270 e. The molecule has 2 aromatic heterocycles. The number of rotatable bonds is 2. The maximum absolute atomic E-state index is 13.1. The third-order valence-electron chi connectivity index (χ3n) is 2.40. The lowest BCUT2D eigenvalue weighted by Crippen LogP contribution is -1.84. The van der Waals surface area contributed by atoms with Gasteiger partial charge in [-0.15, -0.1) is 11.3 Å². The lowest BCUT2D eigenvalue weighted by Gasteiger charge is -1.93. The van der Waals surface area contributed by atoms with Crippen molar-refractivity contribution < 1.29 is 8.91 Å². The fraction of sp³-hybridized carbons (Fsp3) is 0. The second kappa shape index (κ2) is 4.23. The topological polar surface area (TPSA) is 64.9 Å². The number of nitrogens with zero attached hydrogens (tertiary/aromatic N) is 2. The zero-order valence-corrected chi connectivity index (χ0v) is 9.95. The fourth-order valence-corrected chi connectivity index (χ4v) is 2.29. The highest BCUT2D eigenvalue weighted by Gasteiger charge is 2.14. The number of thiophene rings is 1. The smallest absolute Gasteiger partial charge is 0.270 e. The Bertz CT molecular complexity index is 692. The normalized spacial score (nSPS) is 10.7. The van der Waals surface area contributed by atoms with Gasteiger partial charge in [0.1, 0.15) is 10.7 Å². The number of nitrogens with two attached hydrogens (primary N) is 1. The maximum atomic E-state index is 13.1. The van der Waals surface area contributed by atoms with Crippen molar-refractivity contribution in [2.24, 2.45) is 0 Å². The fourth-order valence-electron chi connectivity index (χ4n) is 1.55. The molecule has 4 nitrogen and oxygen atoms in total. The Kier molecular flexibility index (Phi) is 2.56. The van der Waals surface area contributed by atoms with Crippen LogP contribution in [0.3, 0.4) is 0 Å². The molecule has 6 heteroatoms. The summed E-state index contributed by atoms with van der Waals surface area (Å²) in [5.41, 5.74) is 6.93. The number of halogens is 1. The Labute approximate surface area is 106 Å². The van der Waals surface area contributed by atoms with E-state index in [4.69, 9.17) is 10.3 Å². The highest BCUT2D eigenvalue weighted by atomic mass is 32.1. The van der Waals surface area contributed by atoms with Gasteiger partial charge in [0.15, 0.2) is 0 Å². The predicted octanol–water partition coefficient (Wildman–Crippen LogP) is 3.19. The molecule has 0 spiro atoms. The van der Waals surface area contributed by atoms with Crippen molar-refractivity contribution in [1.82, 2.24) is 10.1 Å². The molecular weight excluding hydrogens is 253 g/mol.